The van der Waals surface area contributed by atoms with E-state index in [1.54, 1.807) is 7.11 Å². The lowest BCUT2D eigenvalue weighted by atomic mass is 9.81. The first kappa shape index (κ1) is 18.1. The highest BCUT2D eigenvalue weighted by Gasteiger charge is 2.45. The quantitative estimate of drug-likeness (QED) is 0.802. The first-order chi connectivity index (χ1) is 12.5. The van der Waals surface area contributed by atoms with Gasteiger partial charge in [-0.15, -0.1) is 0 Å². The van der Waals surface area contributed by atoms with Crippen LogP contribution in [0.1, 0.15) is 28.7 Å². The van der Waals surface area contributed by atoms with Crippen molar-refractivity contribution in [1.82, 2.24) is 5.32 Å². The number of aliphatic carboxylic acids is 1. The SMILES string of the molecule is COCc1ccccc1CNC(=O)CC1(C(=O)O)Cc2ccccc2C1. The fourth-order valence-electron chi connectivity index (χ4n) is 3.64. The maximum Gasteiger partial charge on any atom is 0.310 e. The molecule has 0 aliphatic heterocycles. The Morgan fingerprint density at radius 2 is 1.62 bits per heavy atom. The first-order valence-corrected chi connectivity index (χ1v) is 8.67. The van der Waals surface area contributed by atoms with Gasteiger partial charge in [0.1, 0.15) is 0 Å². The predicted octanol–water partition coefficient (Wildman–Crippen LogP) is 2.71. The van der Waals surface area contributed by atoms with Crippen LogP contribution in [-0.2, 0) is 40.3 Å². The summed E-state index contributed by atoms with van der Waals surface area (Å²) in [6, 6.07) is 15.4. The van der Waals surface area contributed by atoms with Crippen LogP contribution in [0.5, 0.6) is 0 Å². The van der Waals surface area contributed by atoms with Crippen molar-refractivity contribution in [3.05, 3.63) is 70.8 Å². The molecular weight excluding hydrogens is 330 g/mol. The normalized spacial score (nSPS) is 14.7. The Hall–Kier alpha value is -2.66. The number of ether oxygens (including phenoxy) is 1. The number of benzene rings is 2. The maximum absolute atomic E-state index is 12.5. The molecule has 0 radical (unpaired) electrons. The summed E-state index contributed by atoms with van der Waals surface area (Å²) in [7, 11) is 1.63. The van der Waals surface area contributed by atoms with Crippen molar-refractivity contribution >= 4 is 11.9 Å². The van der Waals surface area contributed by atoms with Gasteiger partial charge in [-0.3, -0.25) is 9.59 Å². The summed E-state index contributed by atoms with van der Waals surface area (Å²) in [4.78, 5) is 24.4. The third kappa shape index (κ3) is 3.78. The lowest BCUT2D eigenvalue weighted by Gasteiger charge is -2.23. The second-order valence-corrected chi connectivity index (χ2v) is 6.86. The Bertz CT molecular complexity index is 790. The third-order valence-corrected chi connectivity index (χ3v) is 5.02. The van der Waals surface area contributed by atoms with Crippen LogP contribution in [0.2, 0.25) is 0 Å². The van der Waals surface area contributed by atoms with E-state index in [0.717, 1.165) is 22.3 Å². The summed E-state index contributed by atoms with van der Waals surface area (Å²) in [5, 5.41) is 12.7. The Kier molecular flexibility index (Phi) is 5.38. The molecule has 0 heterocycles. The van der Waals surface area contributed by atoms with E-state index in [1.165, 1.54) is 0 Å². The minimum absolute atomic E-state index is 0.0243. The van der Waals surface area contributed by atoms with E-state index in [2.05, 4.69) is 5.32 Å². The molecule has 0 saturated heterocycles. The highest BCUT2D eigenvalue weighted by molar-refractivity contribution is 5.86. The van der Waals surface area contributed by atoms with E-state index >= 15 is 0 Å². The number of carboxylic acid groups (broad SMARTS) is 1. The largest absolute Gasteiger partial charge is 0.481 e. The zero-order valence-corrected chi connectivity index (χ0v) is 14.8. The van der Waals surface area contributed by atoms with Gasteiger partial charge in [0.25, 0.3) is 0 Å². The van der Waals surface area contributed by atoms with E-state index in [0.29, 0.717) is 26.0 Å². The summed E-state index contributed by atoms with van der Waals surface area (Å²) in [6.07, 6.45) is 0.766. The monoisotopic (exact) mass is 353 g/mol. The van der Waals surface area contributed by atoms with Crippen LogP contribution in [0, 0.1) is 5.41 Å². The second-order valence-electron chi connectivity index (χ2n) is 6.86. The van der Waals surface area contributed by atoms with Gasteiger partial charge in [-0.25, -0.2) is 0 Å². The number of fused-ring (bicyclic) bond motifs is 1. The van der Waals surface area contributed by atoms with Crippen molar-refractivity contribution in [2.24, 2.45) is 5.41 Å². The van der Waals surface area contributed by atoms with Crippen molar-refractivity contribution < 1.29 is 19.4 Å². The number of nitrogens with one attached hydrogen (secondary N) is 1. The van der Waals surface area contributed by atoms with E-state index in [-0.39, 0.29) is 12.3 Å². The standard InChI is InChI=1S/C21H23NO4/c1-26-14-18-9-5-4-8-17(18)13-22-19(23)12-21(20(24)25)10-15-6-2-3-7-16(15)11-21/h2-9H,10-14H2,1H3,(H,22,23)(H,24,25). The fraction of sp³-hybridized carbons (Fsp3) is 0.333. The molecule has 1 aliphatic carbocycles. The van der Waals surface area contributed by atoms with Crippen molar-refractivity contribution in [2.75, 3.05) is 7.11 Å². The lowest BCUT2D eigenvalue weighted by Crippen LogP contribution is -2.38. The fourth-order valence-corrected chi connectivity index (χ4v) is 3.64. The predicted molar refractivity (Wildman–Crippen MR) is 97.5 cm³/mol. The zero-order valence-electron chi connectivity index (χ0n) is 14.8. The lowest BCUT2D eigenvalue weighted by molar-refractivity contribution is -0.151. The molecule has 1 amide bonds. The van der Waals surface area contributed by atoms with Crippen molar-refractivity contribution in [2.45, 2.75) is 32.4 Å². The molecule has 0 saturated carbocycles. The van der Waals surface area contributed by atoms with Gasteiger partial charge in [-0.1, -0.05) is 48.5 Å². The van der Waals surface area contributed by atoms with Gasteiger partial charge < -0.3 is 15.2 Å². The van der Waals surface area contributed by atoms with Gasteiger partial charge >= 0.3 is 5.97 Å². The average molecular weight is 353 g/mol. The smallest absolute Gasteiger partial charge is 0.310 e. The molecule has 0 atom stereocenters. The molecule has 5 nitrogen and oxygen atoms in total. The average Bonchev–Trinajstić information content (AvgIpc) is 3.00. The number of hydrogen-bond acceptors (Lipinski definition) is 3. The number of rotatable bonds is 7. The highest BCUT2D eigenvalue weighted by atomic mass is 16.5. The van der Waals surface area contributed by atoms with Gasteiger partial charge in [0.15, 0.2) is 0 Å². The van der Waals surface area contributed by atoms with Crippen LogP contribution in [0.4, 0.5) is 0 Å². The Morgan fingerprint density at radius 1 is 1.04 bits per heavy atom. The Balaban J connectivity index is 1.66. The molecule has 0 fully saturated rings. The number of methoxy groups -OCH3 is 1. The first-order valence-electron chi connectivity index (χ1n) is 8.67. The van der Waals surface area contributed by atoms with E-state index in [1.807, 2.05) is 48.5 Å². The van der Waals surface area contributed by atoms with Gasteiger partial charge in [-0.2, -0.15) is 0 Å². The summed E-state index contributed by atoms with van der Waals surface area (Å²) in [6.45, 7) is 0.835. The molecule has 26 heavy (non-hydrogen) atoms. The molecule has 1 aliphatic rings. The highest BCUT2D eigenvalue weighted by Crippen LogP contribution is 2.40. The van der Waals surface area contributed by atoms with Crippen LogP contribution in [-0.4, -0.2) is 24.1 Å². The van der Waals surface area contributed by atoms with Crippen molar-refractivity contribution in [3.8, 4) is 0 Å². The molecule has 0 spiro atoms. The van der Waals surface area contributed by atoms with Crippen LogP contribution in [0.15, 0.2) is 48.5 Å². The summed E-state index contributed by atoms with van der Waals surface area (Å²) < 4.78 is 5.18. The van der Waals surface area contributed by atoms with Gasteiger partial charge in [0, 0.05) is 20.1 Å². The molecule has 0 bridgehead atoms. The van der Waals surface area contributed by atoms with Crippen molar-refractivity contribution in [3.63, 3.8) is 0 Å². The topological polar surface area (TPSA) is 75.6 Å². The molecular formula is C21H23NO4. The summed E-state index contributed by atoms with van der Waals surface area (Å²) >= 11 is 0. The molecule has 5 heteroatoms. The molecule has 0 aromatic heterocycles. The number of carboxylic acids is 1. The van der Waals surface area contributed by atoms with Crippen LogP contribution in [0.3, 0.4) is 0 Å². The van der Waals surface area contributed by atoms with Gasteiger partial charge in [-0.05, 0) is 35.1 Å². The van der Waals surface area contributed by atoms with Gasteiger partial charge in [0.2, 0.25) is 5.91 Å². The molecule has 0 unspecified atom stereocenters. The molecule has 2 aromatic carbocycles. The molecule has 136 valence electrons. The van der Waals surface area contributed by atoms with E-state index in [9.17, 15) is 14.7 Å². The van der Waals surface area contributed by atoms with Crippen molar-refractivity contribution in [1.29, 1.82) is 0 Å². The van der Waals surface area contributed by atoms with Crippen LogP contribution >= 0.6 is 0 Å². The molecule has 2 aromatic rings. The minimum atomic E-state index is -1.06. The number of amides is 1. The Morgan fingerprint density at radius 3 is 2.19 bits per heavy atom. The third-order valence-electron chi connectivity index (χ3n) is 5.02. The minimum Gasteiger partial charge on any atom is -0.481 e. The van der Waals surface area contributed by atoms with E-state index in [4.69, 9.17) is 4.74 Å². The second kappa shape index (κ2) is 7.70. The van der Waals surface area contributed by atoms with Gasteiger partial charge in [0.05, 0.1) is 12.0 Å². The van der Waals surface area contributed by atoms with Crippen LogP contribution in [0.25, 0.3) is 0 Å². The Labute approximate surface area is 153 Å². The molecule has 2 N–H and O–H groups in total. The van der Waals surface area contributed by atoms with E-state index < -0.39 is 11.4 Å². The number of hydrogen-bond donors (Lipinski definition) is 2. The zero-order chi connectivity index (χ0) is 18.6. The maximum atomic E-state index is 12.5. The van der Waals surface area contributed by atoms with Crippen LogP contribution < -0.4 is 5.32 Å². The summed E-state index contributed by atoms with van der Waals surface area (Å²) in [5.74, 6) is -1.16. The number of carbonyl (C=O) groups is 2. The summed E-state index contributed by atoms with van der Waals surface area (Å²) in [5.41, 5.74) is 2.97. The molecule has 3 rings (SSSR count). The number of carbonyl (C=O) groups excluding carboxylic acids is 1.